The van der Waals surface area contributed by atoms with Gasteiger partial charge in [0.25, 0.3) is 0 Å². The molecule has 0 spiro atoms. The maximum absolute atomic E-state index is 8.71. The first kappa shape index (κ1) is 9.32. The molecule has 0 aromatic heterocycles. The van der Waals surface area contributed by atoms with Crippen LogP contribution in [0.25, 0.3) is 0 Å². The van der Waals surface area contributed by atoms with Crippen molar-refractivity contribution in [1.82, 2.24) is 4.90 Å². The van der Waals surface area contributed by atoms with Crippen LogP contribution < -0.4 is 5.73 Å². The number of hydrogen-bond acceptors (Lipinski definition) is 2. The summed E-state index contributed by atoms with van der Waals surface area (Å²) in [5.41, 5.74) is 5.35. The molecule has 1 rings (SSSR count). The molecule has 4 heteroatoms. The fourth-order valence-corrected chi connectivity index (χ4v) is 1.65. The van der Waals surface area contributed by atoms with Crippen LogP contribution in [-0.4, -0.2) is 35.7 Å². The minimum Gasteiger partial charge on any atom is -0.396 e. The van der Waals surface area contributed by atoms with E-state index in [4.69, 9.17) is 16.2 Å². The number of nitrogens with one attached hydrogen (secondary N) is 1. The summed E-state index contributed by atoms with van der Waals surface area (Å²) in [6, 6.07) is 0. The van der Waals surface area contributed by atoms with E-state index in [0.717, 1.165) is 32.4 Å². The number of guanidine groups is 1. The van der Waals surface area contributed by atoms with Gasteiger partial charge in [0, 0.05) is 19.7 Å². The topological polar surface area (TPSA) is 73.3 Å². The normalized spacial score (nSPS) is 19.6. The molecule has 4 N–H and O–H groups in total. The molecule has 1 aliphatic heterocycles. The molecule has 0 aromatic rings. The lowest BCUT2D eigenvalue weighted by molar-refractivity contribution is 0.202. The van der Waals surface area contributed by atoms with Crippen molar-refractivity contribution in [2.75, 3.05) is 19.7 Å². The molecule has 4 nitrogen and oxygen atoms in total. The summed E-state index contributed by atoms with van der Waals surface area (Å²) in [6.45, 7) is 2.03. The van der Waals surface area contributed by atoms with Gasteiger partial charge in [-0.15, -0.1) is 0 Å². The Bertz CT molecular complexity index is 152. The van der Waals surface area contributed by atoms with E-state index in [2.05, 4.69) is 0 Å². The maximum Gasteiger partial charge on any atom is 0.188 e. The quantitative estimate of drug-likeness (QED) is 0.403. The molecule has 0 bridgehead atoms. The monoisotopic (exact) mass is 171 g/mol. The SMILES string of the molecule is N=C(N)N1CCC(CCO)CC1. The Kier molecular flexibility index (Phi) is 3.34. The number of nitrogens with two attached hydrogens (primary N) is 1. The van der Waals surface area contributed by atoms with E-state index in [1.54, 1.807) is 0 Å². The number of likely N-dealkylation sites (tertiary alicyclic amines) is 1. The van der Waals surface area contributed by atoms with Gasteiger partial charge in [0.2, 0.25) is 0 Å². The summed E-state index contributed by atoms with van der Waals surface area (Å²) in [6.07, 6.45) is 3.01. The molecule has 70 valence electrons. The minimum atomic E-state index is 0.178. The molecular weight excluding hydrogens is 154 g/mol. The van der Waals surface area contributed by atoms with Crippen LogP contribution in [0, 0.1) is 11.3 Å². The number of nitrogens with zero attached hydrogens (tertiary/aromatic N) is 1. The van der Waals surface area contributed by atoms with Crippen LogP contribution in [0.4, 0.5) is 0 Å². The molecule has 1 fully saturated rings. The second-order valence-corrected chi connectivity index (χ2v) is 3.33. The van der Waals surface area contributed by atoms with Gasteiger partial charge in [0.05, 0.1) is 0 Å². The first-order valence-electron chi connectivity index (χ1n) is 4.44. The van der Waals surface area contributed by atoms with Crippen molar-refractivity contribution < 1.29 is 5.11 Å². The lowest BCUT2D eigenvalue weighted by Gasteiger charge is -2.31. The first-order chi connectivity index (χ1) is 5.74. The highest BCUT2D eigenvalue weighted by atomic mass is 16.3. The smallest absolute Gasteiger partial charge is 0.188 e. The van der Waals surface area contributed by atoms with E-state index in [9.17, 15) is 0 Å². The predicted molar refractivity (Wildman–Crippen MR) is 47.9 cm³/mol. The highest BCUT2D eigenvalue weighted by Gasteiger charge is 2.18. The van der Waals surface area contributed by atoms with Crippen molar-refractivity contribution in [3.8, 4) is 0 Å². The fraction of sp³-hybridized carbons (Fsp3) is 0.875. The third-order valence-electron chi connectivity index (χ3n) is 2.49. The largest absolute Gasteiger partial charge is 0.396 e. The zero-order valence-corrected chi connectivity index (χ0v) is 7.29. The van der Waals surface area contributed by atoms with E-state index in [1.807, 2.05) is 4.90 Å². The van der Waals surface area contributed by atoms with Gasteiger partial charge in [-0.1, -0.05) is 0 Å². The van der Waals surface area contributed by atoms with Crippen LogP contribution in [-0.2, 0) is 0 Å². The van der Waals surface area contributed by atoms with Gasteiger partial charge in [0.15, 0.2) is 5.96 Å². The van der Waals surface area contributed by atoms with Crippen molar-refractivity contribution >= 4 is 5.96 Å². The molecule has 12 heavy (non-hydrogen) atoms. The zero-order valence-electron chi connectivity index (χ0n) is 7.29. The number of aliphatic hydroxyl groups excluding tert-OH is 1. The molecule has 0 unspecified atom stereocenters. The van der Waals surface area contributed by atoms with Gasteiger partial charge in [-0.05, 0) is 25.2 Å². The van der Waals surface area contributed by atoms with E-state index < -0.39 is 0 Å². The van der Waals surface area contributed by atoms with Crippen LogP contribution in [0.1, 0.15) is 19.3 Å². The Morgan fingerprint density at radius 3 is 2.50 bits per heavy atom. The molecule has 0 aliphatic carbocycles. The Hall–Kier alpha value is -0.770. The van der Waals surface area contributed by atoms with Crippen molar-refractivity contribution in [2.45, 2.75) is 19.3 Å². The average molecular weight is 171 g/mol. The van der Waals surface area contributed by atoms with E-state index >= 15 is 0 Å². The molecule has 0 saturated carbocycles. The van der Waals surface area contributed by atoms with Crippen LogP contribution in [0.3, 0.4) is 0 Å². The summed E-state index contributed by atoms with van der Waals surface area (Å²) < 4.78 is 0. The third kappa shape index (κ3) is 2.37. The fourth-order valence-electron chi connectivity index (χ4n) is 1.65. The zero-order chi connectivity index (χ0) is 8.97. The highest BCUT2D eigenvalue weighted by molar-refractivity contribution is 5.74. The van der Waals surface area contributed by atoms with E-state index in [-0.39, 0.29) is 12.6 Å². The van der Waals surface area contributed by atoms with Crippen LogP contribution in [0.15, 0.2) is 0 Å². The Morgan fingerprint density at radius 1 is 1.50 bits per heavy atom. The van der Waals surface area contributed by atoms with Crippen molar-refractivity contribution in [3.05, 3.63) is 0 Å². The summed E-state index contributed by atoms with van der Waals surface area (Å²) in [7, 11) is 0. The predicted octanol–water partition coefficient (Wildman–Crippen LogP) is -0.0257. The number of hydrogen-bond donors (Lipinski definition) is 3. The van der Waals surface area contributed by atoms with Crippen molar-refractivity contribution in [1.29, 1.82) is 5.41 Å². The Morgan fingerprint density at radius 2 is 2.08 bits per heavy atom. The molecule has 1 heterocycles. The van der Waals surface area contributed by atoms with Gasteiger partial charge in [-0.25, -0.2) is 0 Å². The van der Waals surface area contributed by atoms with Crippen LogP contribution >= 0.6 is 0 Å². The summed E-state index contributed by atoms with van der Waals surface area (Å²) >= 11 is 0. The molecule has 0 amide bonds. The highest BCUT2D eigenvalue weighted by Crippen LogP contribution is 2.19. The Balaban J connectivity index is 2.25. The van der Waals surface area contributed by atoms with Gasteiger partial charge in [-0.2, -0.15) is 0 Å². The van der Waals surface area contributed by atoms with E-state index in [0.29, 0.717) is 5.92 Å². The number of rotatable bonds is 2. The molecule has 1 aliphatic rings. The number of aliphatic hydroxyl groups is 1. The van der Waals surface area contributed by atoms with Crippen LogP contribution in [0.5, 0.6) is 0 Å². The molecule has 1 saturated heterocycles. The Labute approximate surface area is 72.9 Å². The minimum absolute atomic E-state index is 0.178. The standard InChI is InChI=1S/C8H17N3O/c9-8(10)11-4-1-7(2-5-11)3-6-12/h7,12H,1-6H2,(H3,9,10). The average Bonchev–Trinajstić information content (AvgIpc) is 2.06. The summed E-state index contributed by atoms with van der Waals surface area (Å²) in [5, 5.41) is 15.9. The third-order valence-corrected chi connectivity index (χ3v) is 2.49. The van der Waals surface area contributed by atoms with Crippen LogP contribution in [0.2, 0.25) is 0 Å². The molecule has 0 radical (unpaired) electrons. The lowest BCUT2D eigenvalue weighted by Crippen LogP contribution is -2.42. The molecule has 0 atom stereocenters. The summed E-state index contributed by atoms with van der Waals surface area (Å²) in [4.78, 5) is 1.88. The maximum atomic E-state index is 8.71. The van der Waals surface area contributed by atoms with Gasteiger partial charge in [-0.3, -0.25) is 5.41 Å². The first-order valence-corrected chi connectivity index (χ1v) is 4.44. The summed E-state index contributed by atoms with van der Waals surface area (Å²) in [5.74, 6) is 0.808. The van der Waals surface area contributed by atoms with E-state index in [1.165, 1.54) is 0 Å². The van der Waals surface area contributed by atoms with Gasteiger partial charge < -0.3 is 15.7 Å². The van der Waals surface area contributed by atoms with Gasteiger partial charge >= 0.3 is 0 Å². The second kappa shape index (κ2) is 4.30. The van der Waals surface area contributed by atoms with Crippen molar-refractivity contribution in [3.63, 3.8) is 0 Å². The van der Waals surface area contributed by atoms with Crippen molar-refractivity contribution in [2.24, 2.45) is 11.7 Å². The van der Waals surface area contributed by atoms with Gasteiger partial charge in [0.1, 0.15) is 0 Å². The second-order valence-electron chi connectivity index (χ2n) is 3.33. The lowest BCUT2D eigenvalue weighted by atomic mass is 9.94. The number of piperidine rings is 1. The molecule has 0 aromatic carbocycles. The molecular formula is C8H17N3O.